The molecule has 3 aromatic rings. The number of carbonyl (C=O) groups excluding carboxylic acids is 2. The predicted molar refractivity (Wildman–Crippen MR) is 111 cm³/mol. The van der Waals surface area contributed by atoms with Gasteiger partial charge in [-0.1, -0.05) is 42.8 Å². The number of primary amides is 1. The van der Waals surface area contributed by atoms with Crippen LogP contribution < -0.4 is 11.1 Å². The quantitative estimate of drug-likeness (QED) is 0.649. The number of rotatable bonds is 3. The third-order valence-corrected chi connectivity index (χ3v) is 6.60. The van der Waals surface area contributed by atoms with Crippen molar-refractivity contribution in [1.82, 2.24) is 0 Å². The average molecular weight is 399 g/mol. The molecule has 1 aromatic heterocycles. The molecule has 1 aliphatic carbocycles. The molecular formula is C21H19ClN2O2S. The van der Waals surface area contributed by atoms with E-state index in [0.717, 1.165) is 40.5 Å². The molecule has 1 aliphatic rings. The molecule has 2 amide bonds. The number of benzene rings is 2. The Hall–Kier alpha value is -2.37. The third-order valence-electron chi connectivity index (χ3n) is 5.10. The molecule has 0 unspecified atom stereocenters. The van der Waals surface area contributed by atoms with Gasteiger partial charge in [-0.15, -0.1) is 11.3 Å². The second-order valence-electron chi connectivity index (χ2n) is 7.01. The van der Waals surface area contributed by atoms with Gasteiger partial charge in [0.25, 0.3) is 11.8 Å². The Morgan fingerprint density at radius 1 is 1.19 bits per heavy atom. The van der Waals surface area contributed by atoms with Gasteiger partial charge in [-0.2, -0.15) is 0 Å². The fraction of sp³-hybridized carbons (Fsp3) is 0.238. The fourth-order valence-corrected chi connectivity index (χ4v) is 5.39. The molecule has 0 saturated carbocycles. The molecule has 0 bridgehead atoms. The zero-order valence-corrected chi connectivity index (χ0v) is 16.4. The molecule has 2 aromatic carbocycles. The van der Waals surface area contributed by atoms with Gasteiger partial charge in [-0.25, -0.2) is 0 Å². The van der Waals surface area contributed by atoms with Gasteiger partial charge in [0, 0.05) is 20.8 Å². The van der Waals surface area contributed by atoms with E-state index in [1.165, 1.54) is 11.3 Å². The maximum Gasteiger partial charge on any atom is 0.256 e. The van der Waals surface area contributed by atoms with Gasteiger partial charge in [-0.3, -0.25) is 9.59 Å². The van der Waals surface area contributed by atoms with E-state index < -0.39 is 5.91 Å². The Bertz CT molecular complexity index is 1070. The molecule has 1 heterocycles. The SMILES string of the molecule is C[C@@H]1CCc2c(sc(NC(=O)c3cccc4c(Cl)cccc34)c2C(N)=O)C1. The Kier molecular flexibility index (Phi) is 4.66. The second-order valence-corrected chi connectivity index (χ2v) is 8.53. The molecule has 0 radical (unpaired) electrons. The highest BCUT2D eigenvalue weighted by Crippen LogP contribution is 2.39. The monoisotopic (exact) mass is 398 g/mol. The average Bonchev–Trinajstić information content (AvgIpc) is 2.98. The van der Waals surface area contributed by atoms with Crippen LogP contribution in [0.4, 0.5) is 5.00 Å². The minimum atomic E-state index is -0.488. The molecule has 0 aliphatic heterocycles. The summed E-state index contributed by atoms with van der Waals surface area (Å²) in [4.78, 5) is 26.2. The number of carbonyl (C=O) groups is 2. The normalized spacial score (nSPS) is 16.1. The van der Waals surface area contributed by atoms with Crippen LogP contribution in [0.1, 0.15) is 44.5 Å². The lowest BCUT2D eigenvalue weighted by Crippen LogP contribution is -2.19. The zero-order chi connectivity index (χ0) is 19.1. The van der Waals surface area contributed by atoms with Crippen molar-refractivity contribution in [1.29, 1.82) is 0 Å². The van der Waals surface area contributed by atoms with Crippen LogP contribution in [-0.2, 0) is 12.8 Å². The van der Waals surface area contributed by atoms with Crippen molar-refractivity contribution in [3.8, 4) is 0 Å². The molecule has 1 atom stereocenters. The van der Waals surface area contributed by atoms with E-state index in [1.54, 1.807) is 18.2 Å². The molecule has 4 rings (SSSR count). The van der Waals surface area contributed by atoms with E-state index in [2.05, 4.69) is 12.2 Å². The summed E-state index contributed by atoms with van der Waals surface area (Å²) < 4.78 is 0. The van der Waals surface area contributed by atoms with Crippen molar-refractivity contribution in [2.75, 3.05) is 5.32 Å². The lowest BCUT2D eigenvalue weighted by atomic mass is 9.88. The standard InChI is InChI=1S/C21H19ClN2O2S/c1-11-8-9-15-17(10-11)27-21(18(15)19(23)25)24-20(26)14-6-2-5-13-12(14)4-3-7-16(13)22/h2-7,11H,8-10H2,1H3,(H2,23,25)(H,24,26)/t11-/m1/s1. The zero-order valence-electron chi connectivity index (χ0n) is 14.8. The molecule has 6 heteroatoms. The summed E-state index contributed by atoms with van der Waals surface area (Å²) >= 11 is 7.72. The summed E-state index contributed by atoms with van der Waals surface area (Å²) in [7, 11) is 0. The van der Waals surface area contributed by atoms with Crippen LogP contribution >= 0.6 is 22.9 Å². The van der Waals surface area contributed by atoms with Crippen LogP contribution in [0, 0.1) is 5.92 Å². The van der Waals surface area contributed by atoms with Gasteiger partial charge in [0.15, 0.2) is 0 Å². The van der Waals surface area contributed by atoms with E-state index in [0.29, 0.717) is 27.1 Å². The smallest absolute Gasteiger partial charge is 0.256 e. The number of nitrogens with two attached hydrogens (primary N) is 1. The number of fused-ring (bicyclic) bond motifs is 2. The van der Waals surface area contributed by atoms with Crippen LogP contribution in [0.25, 0.3) is 10.8 Å². The number of hydrogen-bond donors (Lipinski definition) is 2. The van der Waals surface area contributed by atoms with E-state index in [9.17, 15) is 9.59 Å². The van der Waals surface area contributed by atoms with Crippen molar-refractivity contribution in [2.24, 2.45) is 11.7 Å². The van der Waals surface area contributed by atoms with Crippen LogP contribution in [0.3, 0.4) is 0 Å². The molecular weight excluding hydrogens is 380 g/mol. The maximum atomic E-state index is 13.0. The summed E-state index contributed by atoms with van der Waals surface area (Å²) in [6.45, 7) is 2.20. The lowest BCUT2D eigenvalue weighted by Gasteiger charge is -2.18. The first-order chi connectivity index (χ1) is 13.0. The summed E-state index contributed by atoms with van der Waals surface area (Å²) in [6, 6.07) is 10.9. The van der Waals surface area contributed by atoms with Gasteiger partial charge in [0.05, 0.1) is 5.56 Å². The first-order valence-corrected chi connectivity index (χ1v) is 10.1. The van der Waals surface area contributed by atoms with E-state index in [4.69, 9.17) is 17.3 Å². The molecule has 138 valence electrons. The molecule has 3 N–H and O–H groups in total. The highest BCUT2D eigenvalue weighted by atomic mass is 35.5. The minimum absolute atomic E-state index is 0.267. The number of thiophene rings is 1. The molecule has 0 spiro atoms. The first-order valence-electron chi connectivity index (χ1n) is 8.88. The second kappa shape index (κ2) is 6.98. The number of nitrogens with one attached hydrogen (secondary N) is 1. The highest BCUT2D eigenvalue weighted by Gasteiger charge is 2.27. The number of halogens is 1. The Morgan fingerprint density at radius 2 is 1.93 bits per heavy atom. The predicted octanol–water partition coefficient (Wildman–Crippen LogP) is 5.03. The Morgan fingerprint density at radius 3 is 2.70 bits per heavy atom. The topological polar surface area (TPSA) is 72.2 Å². The largest absolute Gasteiger partial charge is 0.365 e. The van der Waals surface area contributed by atoms with Crippen LogP contribution in [0.5, 0.6) is 0 Å². The molecule has 27 heavy (non-hydrogen) atoms. The van der Waals surface area contributed by atoms with Gasteiger partial charge in [-0.05, 0) is 48.3 Å². The number of hydrogen-bond acceptors (Lipinski definition) is 3. The molecule has 4 nitrogen and oxygen atoms in total. The Labute approximate surface area is 166 Å². The van der Waals surface area contributed by atoms with Crippen LogP contribution in [-0.4, -0.2) is 11.8 Å². The van der Waals surface area contributed by atoms with Crippen molar-refractivity contribution < 1.29 is 9.59 Å². The van der Waals surface area contributed by atoms with E-state index in [-0.39, 0.29) is 5.91 Å². The fourth-order valence-electron chi connectivity index (χ4n) is 3.74. The third kappa shape index (κ3) is 3.22. The summed E-state index contributed by atoms with van der Waals surface area (Å²) in [5.41, 5.74) is 7.63. The van der Waals surface area contributed by atoms with Gasteiger partial charge in [0.1, 0.15) is 5.00 Å². The van der Waals surface area contributed by atoms with E-state index in [1.807, 2.05) is 18.2 Å². The number of amides is 2. The summed E-state index contributed by atoms with van der Waals surface area (Å²) in [6.07, 6.45) is 2.77. The maximum absolute atomic E-state index is 13.0. The van der Waals surface area contributed by atoms with Crippen molar-refractivity contribution in [2.45, 2.75) is 26.2 Å². The first kappa shape index (κ1) is 18.0. The van der Waals surface area contributed by atoms with Crippen molar-refractivity contribution in [3.63, 3.8) is 0 Å². The van der Waals surface area contributed by atoms with Crippen LogP contribution in [0.15, 0.2) is 36.4 Å². The van der Waals surface area contributed by atoms with E-state index >= 15 is 0 Å². The van der Waals surface area contributed by atoms with Gasteiger partial charge in [0.2, 0.25) is 0 Å². The van der Waals surface area contributed by atoms with Gasteiger partial charge < -0.3 is 11.1 Å². The highest BCUT2D eigenvalue weighted by molar-refractivity contribution is 7.17. The lowest BCUT2D eigenvalue weighted by molar-refractivity contribution is 0.1000. The number of anilines is 1. The summed E-state index contributed by atoms with van der Waals surface area (Å²) in [5.74, 6) is -0.184. The Balaban J connectivity index is 1.74. The minimum Gasteiger partial charge on any atom is -0.365 e. The molecule has 0 saturated heterocycles. The summed E-state index contributed by atoms with van der Waals surface area (Å²) in [5, 5.41) is 5.67. The van der Waals surface area contributed by atoms with Crippen LogP contribution in [0.2, 0.25) is 5.02 Å². The van der Waals surface area contributed by atoms with Crippen molar-refractivity contribution in [3.05, 3.63) is 63.0 Å². The van der Waals surface area contributed by atoms with Crippen molar-refractivity contribution >= 4 is 50.5 Å². The molecule has 0 fully saturated rings. The van der Waals surface area contributed by atoms with Gasteiger partial charge >= 0.3 is 0 Å².